The molecule has 0 saturated heterocycles. The van der Waals surface area contributed by atoms with Crippen LogP contribution in [0.3, 0.4) is 0 Å². The molecule has 0 radical (unpaired) electrons. The largest absolute Gasteiger partial charge is 0.467 e. The SMILES string of the molecule is COC(=O)[C@H](Cc1c(C)cccc1C)NC(=O)c1ccccc1F. The number of carbonyl (C=O) groups is 2. The van der Waals surface area contributed by atoms with Crippen LogP contribution in [0.25, 0.3) is 0 Å². The molecular formula is C19H20FNO3. The van der Waals surface area contributed by atoms with Crippen LogP contribution in [0, 0.1) is 19.7 Å². The van der Waals surface area contributed by atoms with E-state index < -0.39 is 23.7 Å². The van der Waals surface area contributed by atoms with Crippen molar-refractivity contribution in [3.63, 3.8) is 0 Å². The van der Waals surface area contributed by atoms with Crippen LogP contribution in [0.2, 0.25) is 0 Å². The van der Waals surface area contributed by atoms with E-state index >= 15 is 0 Å². The van der Waals surface area contributed by atoms with Crippen molar-refractivity contribution in [2.75, 3.05) is 7.11 Å². The van der Waals surface area contributed by atoms with Crippen molar-refractivity contribution in [1.82, 2.24) is 5.32 Å². The molecule has 0 saturated carbocycles. The Morgan fingerprint density at radius 1 is 1.08 bits per heavy atom. The predicted octanol–water partition coefficient (Wildman–Crippen LogP) is 2.96. The van der Waals surface area contributed by atoms with Crippen LogP contribution in [-0.2, 0) is 16.0 Å². The highest BCUT2D eigenvalue weighted by molar-refractivity contribution is 5.97. The third-order valence-corrected chi connectivity index (χ3v) is 3.96. The molecule has 4 nitrogen and oxygen atoms in total. The fraction of sp³-hybridized carbons (Fsp3) is 0.263. The van der Waals surface area contributed by atoms with Gasteiger partial charge in [-0.25, -0.2) is 9.18 Å². The topological polar surface area (TPSA) is 55.4 Å². The van der Waals surface area contributed by atoms with Crippen molar-refractivity contribution in [1.29, 1.82) is 0 Å². The maximum Gasteiger partial charge on any atom is 0.328 e. The molecule has 1 N–H and O–H groups in total. The number of amides is 1. The van der Waals surface area contributed by atoms with Gasteiger partial charge in [-0.3, -0.25) is 4.79 Å². The molecular weight excluding hydrogens is 309 g/mol. The van der Waals surface area contributed by atoms with Gasteiger partial charge in [-0.1, -0.05) is 30.3 Å². The second kappa shape index (κ2) is 7.73. The lowest BCUT2D eigenvalue weighted by Crippen LogP contribution is -2.43. The van der Waals surface area contributed by atoms with E-state index in [9.17, 15) is 14.0 Å². The maximum atomic E-state index is 13.8. The normalized spacial score (nSPS) is 11.7. The Balaban J connectivity index is 2.25. The van der Waals surface area contributed by atoms with Gasteiger partial charge in [0.2, 0.25) is 0 Å². The molecule has 0 unspecified atom stereocenters. The fourth-order valence-electron chi connectivity index (χ4n) is 2.59. The second-order valence-corrected chi connectivity index (χ2v) is 5.60. The van der Waals surface area contributed by atoms with Gasteiger partial charge in [0.25, 0.3) is 5.91 Å². The molecule has 0 aliphatic rings. The van der Waals surface area contributed by atoms with Crippen LogP contribution in [0.15, 0.2) is 42.5 Å². The number of halogens is 1. The molecule has 24 heavy (non-hydrogen) atoms. The standard InChI is InChI=1S/C19H20FNO3/c1-12-7-6-8-13(2)15(12)11-17(19(23)24-3)21-18(22)14-9-4-5-10-16(14)20/h4-10,17H,11H2,1-3H3,(H,21,22)/t17-/m0/s1. The zero-order valence-corrected chi connectivity index (χ0v) is 13.9. The summed E-state index contributed by atoms with van der Waals surface area (Å²) in [7, 11) is 1.26. The monoisotopic (exact) mass is 329 g/mol. The molecule has 0 fully saturated rings. The molecule has 0 aliphatic carbocycles. The number of nitrogens with one attached hydrogen (secondary N) is 1. The van der Waals surface area contributed by atoms with Crippen LogP contribution in [0.4, 0.5) is 4.39 Å². The number of ether oxygens (including phenoxy) is 1. The van der Waals surface area contributed by atoms with E-state index in [1.165, 1.54) is 25.3 Å². The van der Waals surface area contributed by atoms with E-state index in [0.717, 1.165) is 16.7 Å². The number of aryl methyl sites for hydroxylation is 2. The zero-order chi connectivity index (χ0) is 17.7. The Hall–Kier alpha value is -2.69. The Morgan fingerprint density at radius 3 is 2.29 bits per heavy atom. The highest BCUT2D eigenvalue weighted by atomic mass is 19.1. The zero-order valence-electron chi connectivity index (χ0n) is 13.9. The van der Waals surface area contributed by atoms with Crippen molar-refractivity contribution in [2.24, 2.45) is 0 Å². The Morgan fingerprint density at radius 2 is 1.71 bits per heavy atom. The summed E-state index contributed by atoms with van der Waals surface area (Å²) in [5, 5.41) is 2.57. The minimum Gasteiger partial charge on any atom is -0.467 e. The Labute approximate surface area is 140 Å². The molecule has 2 aromatic rings. The lowest BCUT2D eigenvalue weighted by molar-refractivity contribution is -0.142. The fourth-order valence-corrected chi connectivity index (χ4v) is 2.59. The summed E-state index contributed by atoms with van der Waals surface area (Å²) >= 11 is 0. The second-order valence-electron chi connectivity index (χ2n) is 5.60. The van der Waals surface area contributed by atoms with Crippen molar-refractivity contribution < 1.29 is 18.7 Å². The summed E-state index contributed by atoms with van der Waals surface area (Å²) in [5.41, 5.74) is 2.89. The number of esters is 1. The molecule has 1 atom stereocenters. The summed E-state index contributed by atoms with van der Waals surface area (Å²) in [6.07, 6.45) is 0.283. The number of benzene rings is 2. The van der Waals surface area contributed by atoms with Crippen LogP contribution < -0.4 is 5.32 Å². The van der Waals surface area contributed by atoms with E-state index in [2.05, 4.69) is 5.32 Å². The maximum absolute atomic E-state index is 13.8. The third kappa shape index (κ3) is 3.98. The Bertz CT molecular complexity index is 738. The summed E-state index contributed by atoms with van der Waals surface area (Å²) in [6, 6.07) is 10.6. The quantitative estimate of drug-likeness (QED) is 0.858. The number of hydrogen-bond acceptors (Lipinski definition) is 3. The van der Waals surface area contributed by atoms with Gasteiger partial charge in [-0.05, 0) is 42.7 Å². The predicted molar refractivity (Wildman–Crippen MR) is 89.3 cm³/mol. The minimum absolute atomic E-state index is 0.104. The first-order valence-electron chi connectivity index (χ1n) is 7.62. The van der Waals surface area contributed by atoms with Crippen molar-refractivity contribution >= 4 is 11.9 Å². The van der Waals surface area contributed by atoms with Crippen molar-refractivity contribution in [3.8, 4) is 0 Å². The highest BCUT2D eigenvalue weighted by Gasteiger charge is 2.24. The van der Waals surface area contributed by atoms with Crippen LogP contribution in [0.1, 0.15) is 27.0 Å². The van der Waals surface area contributed by atoms with E-state index in [0.29, 0.717) is 0 Å². The average molecular weight is 329 g/mol. The Kier molecular flexibility index (Phi) is 5.68. The summed E-state index contributed by atoms with van der Waals surface area (Å²) < 4.78 is 18.5. The van der Waals surface area contributed by atoms with Crippen molar-refractivity contribution in [3.05, 3.63) is 70.5 Å². The first-order valence-corrected chi connectivity index (χ1v) is 7.62. The highest BCUT2D eigenvalue weighted by Crippen LogP contribution is 2.16. The van der Waals surface area contributed by atoms with Crippen LogP contribution in [0.5, 0.6) is 0 Å². The van der Waals surface area contributed by atoms with E-state index in [1.54, 1.807) is 6.07 Å². The average Bonchev–Trinajstić information content (AvgIpc) is 2.56. The van der Waals surface area contributed by atoms with Gasteiger partial charge in [0, 0.05) is 6.42 Å². The number of methoxy groups -OCH3 is 1. The van der Waals surface area contributed by atoms with Gasteiger partial charge >= 0.3 is 5.97 Å². The summed E-state index contributed by atoms with van der Waals surface area (Å²) in [4.78, 5) is 24.4. The molecule has 0 aromatic heterocycles. The molecule has 0 spiro atoms. The number of carbonyl (C=O) groups excluding carboxylic acids is 2. The molecule has 2 aromatic carbocycles. The first-order chi connectivity index (χ1) is 11.4. The molecule has 5 heteroatoms. The van der Waals surface area contributed by atoms with Gasteiger partial charge in [-0.2, -0.15) is 0 Å². The van der Waals surface area contributed by atoms with E-state index in [1.807, 2.05) is 32.0 Å². The molecule has 1 amide bonds. The third-order valence-electron chi connectivity index (χ3n) is 3.96. The molecule has 0 heterocycles. The number of hydrogen-bond donors (Lipinski definition) is 1. The van der Waals surface area contributed by atoms with Gasteiger partial charge < -0.3 is 10.1 Å². The first kappa shape index (κ1) is 17.7. The van der Waals surface area contributed by atoms with Crippen LogP contribution >= 0.6 is 0 Å². The van der Waals surface area contributed by atoms with E-state index in [-0.39, 0.29) is 12.0 Å². The van der Waals surface area contributed by atoms with Crippen molar-refractivity contribution in [2.45, 2.75) is 26.3 Å². The van der Waals surface area contributed by atoms with Gasteiger partial charge in [-0.15, -0.1) is 0 Å². The molecule has 0 bridgehead atoms. The van der Waals surface area contributed by atoms with Crippen LogP contribution in [-0.4, -0.2) is 25.0 Å². The number of rotatable bonds is 5. The van der Waals surface area contributed by atoms with Gasteiger partial charge in [0.1, 0.15) is 11.9 Å². The molecule has 0 aliphatic heterocycles. The van der Waals surface area contributed by atoms with E-state index in [4.69, 9.17) is 4.74 Å². The minimum atomic E-state index is -0.887. The lowest BCUT2D eigenvalue weighted by atomic mass is 9.96. The van der Waals surface area contributed by atoms with Gasteiger partial charge in [0.15, 0.2) is 0 Å². The molecule has 2 rings (SSSR count). The molecule has 126 valence electrons. The smallest absolute Gasteiger partial charge is 0.328 e. The summed E-state index contributed by atoms with van der Waals surface area (Å²) in [5.74, 6) is -1.84. The van der Waals surface area contributed by atoms with Gasteiger partial charge in [0.05, 0.1) is 12.7 Å². The summed E-state index contributed by atoms with van der Waals surface area (Å²) in [6.45, 7) is 3.88. The lowest BCUT2D eigenvalue weighted by Gasteiger charge is -2.19.